The van der Waals surface area contributed by atoms with E-state index >= 15 is 0 Å². The maximum Gasteiger partial charge on any atom is 0.328 e. The van der Waals surface area contributed by atoms with Crippen molar-refractivity contribution in [3.8, 4) is 11.5 Å². The van der Waals surface area contributed by atoms with Crippen molar-refractivity contribution in [2.24, 2.45) is 0 Å². The molecule has 0 radical (unpaired) electrons. The first-order valence-corrected chi connectivity index (χ1v) is 6.37. The van der Waals surface area contributed by atoms with E-state index in [1.165, 1.54) is 17.2 Å². The second kappa shape index (κ2) is 5.41. The van der Waals surface area contributed by atoms with Gasteiger partial charge in [-0.05, 0) is 12.1 Å². The molecule has 1 unspecified atom stereocenters. The summed E-state index contributed by atoms with van der Waals surface area (Å²) in [6.45, 7) is 0.514. The number of aromatic amines is 1. The third-order valence-electron chi connectivity index (χ3n) is 3.26. The molecule has 0 aromatic carbocycles. The Kier molecular flexibility index (Phi) is 3.44. The van der Waals surface area contributed by atoms with E-state index < -0.39 is 17.9 Å². The number of carbonyl (C=O) groups is 2. The highest BCUT2D eigenvalue weighted by atomic mass is 16.5. The van der Waals surface area contributed by atoms with Crippen LogP contribution in [-0.4, -0.2) is 57.9 Å². The molecule has 1 aliphatic rings. The Balaban J connectivity index is 1.83. The molecule has 110 valence electrons. The van der Waals surface area contributed by atoms with E-state index in [1.54, 1.807) is 12.1 Å². The van der Waals surface area contributed by atoms with Crippen LogP contribution in [0.25, 0.3) is 11.5 Å². The smallest absolute Gasteiger partial charge is 0.328 e. The van der Waals surface area contributed by atoms with Gasteiger partial charge in [-0.3, -0.25) is 9.89 Å². The zero-order valence-electron chi connectivity index (χ0n) is 11.0. The monoisotopic (exact) mass is 291 g/mol. The second-order valence-corrected chi connectivity index (χ2v) is 4.57. The number of rotatable bonds is 3. The Labute approximate surface area is 119 Å². The summed E-state index contributed by atoms with van der Waals surface area (Å²) >= 11 is 0. The van der Waals surface area contributed by atoms with Crippen LogP contribution >= 0.6 is 0 Å². The molecule has 0 aliphatic carbocycles. The lowest BCUT2D eigenvalue weighted by molar-refractivity contribution is -0.147. The maximum absolute atomic E-state index is 12.4. The van der Waals surface area contributed by atoms with Crippen LogP contribution < -0.4 is 0 Å². The maximum atomic E-state index is 12.4. The van der Waals surface area contributed by atoms with Crippen molar-refractivity contribution in [2.75, 3.05) is 19.8 Å². The van der Waals surface area contributed by atoms with Crippen molar-refractivity contribution in [2.45, 2.75) is 6.04 Å². The number of morpholine rings is 1. The minimum absolute atomic E-state index is 0.0173. The number of carbonyl (C=O) groups excluding carboxylic acids is 1. The van der Waals surface area contributed by atoms with Gasteiger partial charge in [-0.2, -0.15) is 5.10 Å². The molecule has 0 spiro atoms. The van der Waals surface area contributed by atoms with E-state index in [1.807, 2.05) is 0 Å². The largest absolute Gasteiger partial charge is 0.480 e. The van der Waals surface area contributed by atoms with Crippen LogP contribution in [0.2, 0.25) is 0 Å². The molecule has 1 saturated heterocycles. The van der Waals surface area contributed by atoms with Crippen molar-refractivity contribution in [3.63, 3.8) is 0 Å². The summed E-state index contributed by atoms with van der Waals surface area (Å²) < 4.78 is 10.3. The number of nitrogens with one attached hydrogen (secondary N) is 1. The number of ether oxygens (including phenoxy) is 1. The Hall–Kier alpha value is -2.61. The first kappa shape index (κ1) is 13.4. The normalized spacial score (nSPS) is 18.7. The van der Waals surface area contributed by atoms with Gasteiger partial charge in [0.1, 0.15) is 5.69 Å². The average Bonchev–Trinajstić information content (AvgIpc) is 3.17. The van der Waals surface area contributed by atoms with Crippen molar-refractivity contribution in [1.82, 2.24) is 15.1 Å². The third-order valence-corrected chi connectivity index (χ3v) is 3.26. The first-order chi connectivity index (χ1) is 10.2. The highest BCUT2D eigenvalue weighted by Gasteiger charge is 2.34. The average molecular weight is 291 g/mol. The summed E-state index contributed by atoms with van der Waals surface area (Å²) in [7, 11) is 0. The number of hydrogen-bond donors (Lipinski definition) is 2. The lowest BCUT2D eigenvalue weighted by atomic mass is 10.2. The zero-order chi connectivity index (χ0) is 14.8. The van der Waals surface area contributed by atoms with Gasteiger partial charge in [-0.1, -0.05) is 0 Å². The van der Waals surface area contributed by atoms with Crippen LogP contribution in [-0.2, 0) is 9.53 Å². The molecule has 0 saturated carbocycles. The molecule has 8 heteroatoms. The lowest BCUT2D eigenvalue weighted by Gasteiger charge is -2.32. The van der Waals surface area contributed by atoms with Gasteiger partial charge in [-0.15, -0.1) is 0 Å². The topological polar surface area (TPSA) is 109 Å². The van der Waals surface area contributed by atoms with E-state index in [0.29, 0.717) is 18.1 Å². The molecule has 21 heavy (non-hydrogen) atoms. The van der Waals surface area contributed by atoms with Crippen LogP contribution in [0.1, 0.15) is 10.5 Å². The van der Waals surface area contributed by atoms with Gasteiger partial charge in [0.2, 0.25) is 0 Å². The van der Waals surface area contributed by atoms with Gasteiger partial charge >= 0.3 is 5.97 Å². The molecule has 2 aromatic rings. The molecule has 3 rings (SSSR count). The van der Waals surface area contributed by atoms with Crippen molar-refractivity contribution < 1.29 is 23.8 Å². The highest BCUT2D eigenvalue weighted by Crippen LogP contribution is 2.19. The van der Waals surface area contributed by atoms with Crippen molar-refractivity contribution in [3.05, 3.63) is 30.2 Å². The number of nitrogens with zero attached hydrogens (tertiary/aromatic N) is 2. The molecule has 2 aromatic heterocycles. The summed E-state index contributed by atoms with van der Waals surface area (Å²) in [5, 5.41) is 15.8. The predicted molar refractivity (Wildman–Crippen MR) is 69.6 cm³/mol. The van der Waals surface area contributed by atoms with Gasteiger partial charge < -0.3 is 19.2 Å². The molecule has 2 N–H and O–H groups in total. The number of H-pyrrole nitrogens is 1. The minimum atomic E-state index is -1.09. The summed E-state index contributed by atoms with van der Waals surface area (Å²) in [6, 6.07) is 4.00. The highest BCUT2D eigenvalue weighted by molar-refractivity contribution is 5.95. The summed E-state index contributed by atoms with van der Waals surface area (Å²) in [5.41, 5.74) is 0.707. The molecule has 1 atom stereocenters. The Morgan fingerprint density at radius 1 is 1.48 bits per heavy atom. The Bertz CT molecular complexity index is 649. The minimum Gasteiger partial charge on any atom is -0.480 e. The molecule has 1 aliphatic heterocycles. The van der Waals surface area contributed by atoms with Gasteiger partial charge in [0.05, 0.1) is 19.5 Å². The summed E-state index contributed by atoms with van der Waals surface area (Å²) in [5.74, 6) is -0.983. The van der Waals surface area contributed by atoms with E-state index in [-0.39, 0.29) is 18.8 Å². The Morgan fingerprint density at radius 2 is 2.33 bits per heavy atom. The fourth-order valence-electron chi connectivity index (χ4n) is 2.19. The van der Waals surface area contributed by atoms with E-state index in [2.05, 4.69) is 10.2 Å². The van der Waals surface area contributed by atoms with E-state index in [0.717, 1.165) is 0 Å². The molecular formula is C13H13N3O5. The number of amides is 1. The zero-order valence-corrected chi connectivity index (χ0v) is 11.0. The van der Waals surface area contributed by atoms with Gasteiger partial charge in [0.25, 0.3) is 5.91 Å². The van der Waals surface area contributed by atoms with Gasteiger partial charge in [0, 0.05) is 12.6 Å². The van der Waals surface area contributed by atoms with Gasteiger partial charge in [-0.25, -0.2) is 4.79 Å². The molecule has 3 heterocycles. The first-order valence-electron chi connectivity index (χ1n) is 6.37. The van der Waals surface area contributed by atoms with Crippen LogP contribution in [0.4, 0.5) is 0 Å². The molecular weight excluding hydrogens is 278 g/mol. The van der Waals surface area contributed by atoms with Crippen LogP contribution in [0.5, 0.6) is 0 Å². The lowest BCUT2D eigenvalue weighted by Crippen LogP contribution is -2.52. The second-order valence-electron chi connectivity index (χ2n) is 4.57. The fourth-order valence-corrected chi connectivity index (χ4v) is 2.19. The van der Waals surface area contributed by atoms with Gasteiger partial charge in [0.15, 0.2) is 17.5 Å². The van der Waals surface area contributed by atoms with Crippen LogP contribution in [0, 0.1) is 0 Å². The predicted octanol–water partition coefficient (Wildman–Crippen LogP) is 0.595. The SMILES string of the molecule is O=C(O)C1COCCN1C(=O)c1cc(-c2ccco2)[nH]n1. The third kappa shape index (κ3) is 2.52. The molecule has 8 nitrogen and oxygen atoms in total. The molecule has 1 amide bonds. The van der Waals surface area contributed by atoms with Crippen LogP contribution in [0.3, 0.4) is 0 Å². The summed E-state index contributed by atoms with van der Waals surface area (Å²) in [4.78, 5) is 24.8. The Morgan fingerprint density at radius 3 is 3.05 bits per heavy atom. The number of hydrogen-bond acceptors (Lipinski definition) is 5. The number of carboxylic acid groups (broad SMARTS) is 1. The number of aliphatic carboxylic acids is 1. The van der Waals surface area contributed by atoms with E-state index in [9.17, 15) is 9.59 Å². The molecule has 1 fully saturated rings. The number of carboxylic acids is 1. The number of furan rings is 1. The van der Waals surface area contributed by atoms with Crippen molar-refractivity contribution >= 4 is 11.9 Å². The van der Waals surface area contributed by atoms with Crippen LogP contribution in [0.15, 0.2) is 28.9 Å². The molecule has 0 bridgehead atoms. The fraction of sp³-hybridized carbons (Fsp3) is 0.308. The number of aromatic nitrogens is 2. The van der Waals surface area contributed by atoms with Crippen molar-refractivity contribution in [1.29, 1.82) is 0 Å². The standard InChI is InChI=1S/C13H13N3O5/c17-12(16-3-5-20-7-10(16)13(18)19)9-6-8(14-15-9)11-2-1-4-21-11/h1-2,4,6,10H,3,5,7H2,(H,14,15)(H,18,19). The summed E-state index contributed by atoms with van der Waals surface area (Å²) in [6.07, 6.45) is 1.51. The van der Waals surface area contributed by atoms with E-state index in [4.69, 9.17) is 14.3 Å². The quantitative estimate of drug-likeness (QED) is 0.857.